The average molecular weight is 399 g/mol. The second-order valence-electron chi connectivity index (χ2n) is 7.07. The molecule has 0 bridgehead atoms. The molecule has 2 aromatic rings. The van der Waals surface area contributed by atoms with E-state index in [4.69, 9.17) is 4.74 Å². The molecule has 1 unspecified atom stereocenters. The summed E-state index contributed by atoms with van der Waals surface area (Å²) >= 11 is 1.63. The first-order chi connectivity index (χ1) is 13.7. The average Bonchev–Trinajstić information content (AvgIpc) is 2.77. The number of thioether (sulfide) groups is 1. The predicted octanol–water partition coefficient (Wildman–Crippen LogP) is 4.33. The van der Waals surface area contributed by atoms with Crippen LogP contribution in [0.3, 0.4) is 0 Å². The van der Waals surface area contributed by atoms with E-state index in [1.807, 2.05) is 24.6 Å². The second-order valence-corrected chi connectivity index (χ2v) is 7.95. The van der Waals surface area contributed by atoms with Gasteiger partial charge in [0.2, 0.25) is 0 Å². The van der Waals surface area contributed by atoms with Crippen LogP contribution in [0, 0.1) is 5.92 Å². The van der Waals surface area contributed by atoms with Gasteiger partial charge >= 0.3 is 0 Å². The first-order valence-electron chi connectivity index (χ1n) is 9.72. The minimum atomic E-state index is -0.268. The summed E-state index contributed by atoms with van der Waals surface area (Å²) in [6.45, 7) is 1.51. The first-order valence-corrected chi connectivity index (χ1v) is 10.9. The minimum Gasteiger partial charge on any atom is -0.381 e. The Morgan fingerprint density at radius 3 is 2.61 bits per heavy atom. The maximum atomic E-state index is 13.1. The standard InChI is InChI=1S/C22H26N2O3S/c1-28-17-5-6-19(24-15-17)18(14-16-9-12-27-13-10-16)21(25)7-8-22(26)20-4-2-3-11-23-20/h2-6,11,15-16,18H,7-10,12-14H2,1H3. The van der Waals surface area contributed by atoms with Gasteiger partial charge in [0.05, 0.1) is 11.6 Å². The van der Waals surface area contributed by atoms with Crippen LogP contribution in [-0.4, -0.2) is 41.0 Å². The van der Waals surface area contributed by atoms with Crippen LogP contribution in [0.15, 0.2) is 47.6 Å². The zero-order chi connectivity index (χ0) is 19.8. The molecule has 5 nitrogen and oxygen atoms in total. The Kier molecular flexibility index (Phi) is 7.74. The molecule has 3 heterocycles. The summed E-state index contributed by atoms with van der Waals surface area (Å²) in [5.41, 5.74) is 1.22. The van der Waals surface area contributed by atoms with Crippen molar-refractivity contribution in [1.29, 1.82) is 0 Å². The van der Waals surface area contributed by atoms with Crippen LogP contribution in [0.1, 0.15) is 54.2 Å². The summed E-state index contributed by atoms with van der Waals surface area (Å²) < 4.78 is 5.45. The molecule has 1 fully saturated rings. The summed E-state index contributed by atoms with van der Waals surface area (Å²) in [5.74, 6) is 0.177. The molecule has 0 radical (unpaired) electrons. The maximum absolute atomic E-state index is 13.1. The monoisotopic (exact) mass is 398 g/mol. The Hall–Kier alpha value is -2.05. The van der Waals surface area contributed by atoms with E-state index in [1.165, 1.54) is 0 Å². The Balaban J connectivity index is 1.69. The molecular weight excluding hydrogens is 372 g/mol. The molecule has 6 heteroatoms. The third-order valence-electron chi connectivity index (χ3n) is 5.20. The summed E-state index contributed by atoms with van der Waals surface area (Å²) in [6, 6.07) is 9.21. The first kappa shape index (κ1) is 20.7. The number of Topliss-reactive ketones (excluding diaryl/α,β-unsaturated/α-hetero) is 2. The van der Waals surface area contributed by atoms with Gasteiger partial charge in [-0.25, -0.2) is 0 Å². The van der Waals surface area contributed by atoms with Gasteiger partial charge in [-0.15, -0.1) is 11.8 Å². The SMILES string of the molecule is CSc1ccc(C(CC2CCOCC2)C(=O)CCC(=O)c2ccccn2)nc1. The van der Waals surface area contributed by atoms with Gasteiger partial charge in [-0.05, 0) is 55.7 Å². The molecule has 0 amide bonds. The lowest BCUT2D eigenvalue weighted by Gasteiger charge is -2.26. The van der Waals surface area contributed by atoms with Crippen molar-refractivity contribution in [1.82, 2.24) is 9.97 Å². The molecule has 148 valence electrons. The molecular formula is C22H26N2O3S. The van der Waals surface area contributed by atoms with Crippen molar-refractivity contribution in [3.8, 4) is 0 Å². The molecule has 0 saturated carbocycles. The quantitative estimate of drug-likeness (QED) is 0.462. The number of carbonyl (C=O) groups excluding carboxylic acids is 2. The van der Waals surface area contributed by atoms with Crippen LogP contribution < -0.4 is 0 Å². The minimum absolute atomic E-state index is 0.0835. The number of hydrogen-bond donors (Lipinski definition) is 0. The van der Waals surface area contributed by atoms with Crippen molar-refractivity contribution in [2.45, 2.75) is 42.9 Å². The number of nitrogens with zero attached hydrogens (tertiary/aromatic N) is 2. The smallest absolute Gasteiger partial charge is 0.181 e. The largest absolute Gasteiger partial charge is 0.381 e. The van der Waals surface area contributed by atoms with Crippen molar-refractivity contribution in [3.63, 3.8) is 0 Å². The highest BCUT2D eigenvalue weighted by atomic mass is 32.2. The molecule has 0 N–H and O–H groups in total. The van der Waals surface area contributed by atoms with Crippen molar-refractivity contribution in [2.75, 3.05) is 19.5 Å². The number of ketones is 2. The predicted molar refractivity (Wildman–Crippen MR) is 110 cm³/mol. The van der Waals surface area contributed by atoms with Gasteiger partial charge in [0.1, 0.15) is 11.5 Å². The van der Waals surface area contributed by atoms with E-state index in [-0.39, 0.29) is 30.3 Å². The molecule has 0 aromatic carbocycles. The molecule has 1 aliphatic rings. The molecule has 3 rings (SSSR count). The van der Waals surface area contributed by atoms with E-state index in [2.05, 4.69) is 9.97 Å². The lowest BCUT2D eigenvalue weighted by atomic mass is 9.83. The summed E-state index contributed by atoms with van der Waals surface area (Å²) in [6.07, 6.45) is 8.54. The molecule has 2 aromatic heterocycles. The van der Waals surface area contributed by atoms with E-state index in [1.54, 1.807) is 36.2 Å². The van der Waals surface area contributed by atoms with Crippen LogP contribution in [0.2, 0.25) is 0 Å². The van der Waals surface area contributed by atoms with Crippen LogP contribution in [0.25, 0.3) is 0 Å². The van der Waals surface area contributed by atoms with Gasteiger partial charge in [0.25, 0.3) is 0 Å². The molecule has 1 aliphatic heterocycles. The van der Waals surface area contributed by atoms with E-state index in [9.17, 15) is 9.59 Å². The zero-order valence-corrected chi connectivity index (χ0v) is 17.0. The fraction of sp³-hybridized carbons (Fsp3) is 0.455. The Morgan fingerprint density at radius 2 is 1.96 bits per heavy atom. The van der Waals surface area contributed by atoms with Crippen LogP contribution in [0.5, 0.6) is 0 Å². The van der Waals surface area contributed by atoms with Gasteiger partial charge < -0.3 is 4.74 Å². The van der Waals surface area contributed by atoms with E-state index in [0.29, 0.717) is 11.6 Å². The summed E-state index contributed by atoms with van der Waals surface area (Å²) in [4.78, 5) is 35.1. The van der Waals surface area contributed by atoms with Gasteiger partial charge in [-0.1, -0.05) is 6.07 Å². The van der Waals surface area contributed by atoms with E-state index in [0.717, 1.165) is 43.1 Å². The molecule has 0 aliphatic carbocycles. The molecule has 1 saturated heterocycles. The number of aromatic nitrogens is 2. The Labute approximate surface area is 170 Å². The Bertz CT molecular complexity index is 774. The van der Waals surface area contributed by atoms with Crippen molar-refractivity contribution < 1.29 is 14.3 Å². The third-order valence-corrected chi connectivity index (χ3v) is 5.91. The molecule has 28 heavy (non-hydrogen) atoms. The molecule has 1 atom stereocenters. The number of pyridine rings is 2. The van der Waals surface area contributed by atoms with Crippen LogP contribution in [0.4, 0.5) is 0 Å². The van der Waals surface area contributed by atoms with E-state index >= 15 is 0 Å². The van der Waals surface area contributed by atoms with Crippen molar-refractivity contribution >= 4 is 23.3 Å². The second kappa shape index (κ2) is 10.5. The highest BCUT2D eigenvalue weighted by molar-refractivity contribution is 7.98. The topological polar surface area (TPSA) is 69.2 Å². The van der Waals surface area contributed by atoms with Crippen molar-refractivity contribution in [3.05, 3.63) is 54.1 Å². The summed E-state index contributed by atoms with van der Waals surface area (Å²) in [7, 11) is 0. The zero-order valence-electron chi connectivity index (χ0n) is 16.2. The van der Waals surface area contributed by atoms with Crippen LogP contribution >= 0.6 is 11.8 Å². The van der Waals surface area contributed by atoms with Gasteiger partial charge in [0, 0.05) is 43.3 Å². The normalized spacial score (nSPS) is 15.9. The van der Waals surface area contributed by atoms with E-state index < -0.39 is 0 Å². The highest BCUT2D eigenvalue weighted by Gasteiger charge is 2.27. The van der Waals surface area contributed by atoms with Gasteiger partial charge in [-0.2, -0.15) is 0 Å². The fourth-order valence-corrected chi connectivity index (χ4v) is 3.88. The maximum Gasteiger partial charge on any atom is 0.181 e. The number of carbonyl (C=O) groups is 2. The van der Waals surface area contributed by atoms with Gasteiger partial charge in [-0.3, -0.25) is 19.6 Å². The fourth-order valence-electron chi connectivity index (χ4n) is 3.52. The Morgan fingerprint density at radius 1 is 1.14 bits per heavy atom. The van der Waals surface area contributed by atoms with Gasteiger partial charge in [0.15, 0.2) is 5.78 Å². The lowest BCUT2D eigenvalue weighted by Crippen LogP contribution is -2.23. The number of hydrogen-bond acceptors (Lipinski definition) is 6. The number of ether oxygens (including phenoxy) is 1. The van der Waals surface area contributed by atoms with Crippen LogP contribution in [-0.2, 0) is 9.53 Å². The lowest BCUT2D eigenvalue weighted by molar-refractivity contribution is -0.121. The highest BCUT2D eigenvalue weighted by Crippen LogP contribution is 2.31. The number of rotatable bonds is 9. The third kappa shape index (κ3) is 5.72. The van der Waals surface area contributed by atoms with Crippen molar-refractivity contribution in [2.24, 2.45) is 5.92 Å². The molecule has 0 spiro atoms. The summed E-state index contributed by atoms with van der Waals surface area (Å²) in [5, 5.41) is 0.